The van der Waals surface area contributed by atoms with Crippen molar-refractivity contribution in [2.75, 3.05) is 0 Å². The van der Waals surface area contributed by atoms with Gasteiger partial charge in [-0.15, -0.1) is 0 Å². The Kier molecular flexibility index (Phi) is 6.06. The molecule has 3 heterocycles. The molecule has 7 rings (SSSR count). The molecule has 1 atom stereocenters. The van der Waals surface area contributed by atoms with Crippen molar-refractivity contribution >= 4 is 61.6 Å². The summed E-state index contributed by atoms with van der Waals surface area (Å²) in [5.74, 6) is 0.680. The zero-order chi connectivity index (χ0) is 27.1. The second-order valence-corrected chi connectivity index (χ2v) is 9.98. The highest BCUT2D eigenvalue weighted by molar-refractivity contribution is 6.66. The molecule has 1 N–H and O–H groups in total. The lowest BCUT2D eigenvalue weighted by Gasteiger charge is -2.19. The van der Waals surface area contributed by atoms with Gasteiger partial charge in [-0.25, -0.2) is 9.98 Å². The summed E-state index contributed by atoms with van der Waals surface area (Å²) in [5.41, 5.74) is 6.64. The number of furan rings is 1. The maximum atomic E-state index is 6.56. The monoisotopic (exact) mass is 540 g/mol. The number of halogens is 1. The highest BCUT2D eigenvalue weighted by Gasteiger charge is 2.23. The molecule has 0 aliphatic carbocycles. The molecule has 1 unspecified atom stereocenters. The fraction of sp³-hybridized carbons (Fsp3) is 0.0588. The summed E-state index contributed by atoms with van der Waals surface area (Å²) in [7, 11) is 0. The summed E-state index contributed by atoms with van der Waals surface area (Å²) >= 11 is 6.44. The van der Waals surface area contributed by atoms with Gasteiger partial charge in [0.05, 0.1) is 5.52 Å². The molecule has 0 saturated carbocycles. The summed E-state index contributed by atoms with van der Waals surface area (Å²) in [6.07, 6.45) is 7.72. The van der Waals surface area contributed by atoms with Crippen LogP contribution < -0.4 is 5.32 Å². The van der Waals surface area contributed by atoms with Crippen molar-refractivity contribution in [3.05, 3.63) is 132 Å². The summed E-state index contributed by atoms with van der Waals surface area (Å²) < 4.78 is 8.82. The SMILES string of the molecule is C/C=C\C=C/c1cc2ccccc2n1-c1ccc2c(c1)oc1c(C3N=C(Cl)NC(c4ccccc4)=N3)cccc12. The quantitative estimate of drug-likeness (QED) is 0.175. The summed E-state index contributed by atoms with van der Waals surface area (Å²) in [6.45, 7) is 2.01. The average Bonchev–Trinajstić information content (AvgIpc) is 3.55. The van der Waals surface area contributed by atoms with E-state index in [2.05, 4.69) is 81.6 Å². The third-order valence-electron chi connectivity index (χ3n) is 7.11. The maximum absolute atomic E-state index is 6.56. The Labute approximate surface area is 236 Å². The van der Waals surface area contributed by atoms with Gasteiger partial charge in [-0.05, 0) is 48.9 Å². The van der Waals surface area contributed by atoms with Gasteiger partial charge in [-0.3, -0.25) is 0 Å². The molecule has 2 aromatic heterocycles. The zero-order valence-corrected chi connectivity index (χ0v) is 22.5. The maximum Gasteiger partial charge on any atom is 0.199 e. The van der Waals surface area contributed by atoms with Crippen molar-refractivity contribution in [1.29, 1.82) is 0 Å². The first-order valence-electron chi connectivity index (χ1n) is 13.2. The van der Waals surface area contributed by atoms with E-state index < -0.39 is 6.17 Å². The number of para-hydroxylation sites is 2. The zero-order valence-electron chi connectivity index (χ0n) is 21.8. The number of hydrogen-bond acceptors (Lipinski definition) is 4. The van der Waals surface area contributed by atoms with E-state index in [1.54, 1.807) is 0 Å². The number of amidine groups is 2. The standard InChI is InChI=1S/C34H25ClN4O/c1-2-3-5-14-24-20-23-13-8-9-17-29(23)39(24)25-18-19-26-27-15-10-16-28(31(27)40-30(26)21-25)33-36-32(37-34(35)38-33)22-11-6-4-7-12-22/h2-21,33H,1H3,(H,36,37,38)/b3-2-,14-5-. The Bertz CT molecular complexity index is 2010. The number of rotatable bonds is 5. The predicted molar refractivity (Wildman–Crippen MR) is 167 cm³/mol. The fourth-order valence-corrected chi connectivity index (χ4v) is 5.49. The van der Waals surface area contributed by atoms with Crippen LogP contribution >= 0.6 is 11.6 Å². The third kappa shape index (κ3) is 4.21. The van der Waals surface area contributed by atoms with Crippen LogP contribution in [0.3, 0.4) is 0 Å². The molecule has 0 bridgehead atoms. The second kappa shape index (κ2) is 10.0. The fourth-order valence-electron chi connectivity index (χ4n) is 5.31. The number of fused-ring (bicyclic) bond motifs is 4. The van der Waals surface area contributed by atoms with Gasteiger partial charge in [0.15, 0.2) is 11.5 Å². The van der Waals surface area contributed by atoms with Crippen molar-refractivity contribution in [2.45, 2.75) is 13.1 Å². The lowest BCUT2D eigenvalue weighted by Crippen LogP contribution is -2.32. The number of benzene rings is 4. The highest BCUT2D eigenvalue weighted by atomic mass is 35.5. The molecule has 1 aliphatic heterocycles. The number of aromatic nitrogens is 1. The topological polar surface area (TPSA) is 54.8 Å². The van der Waals surface area contributed by atoms with E-state index in [1.807, 2.05) is 61.5 Å². The molecule has 0 fully saturated rings. The minimum absolute atomic E-state index is 0.298. The lowest BCUT2D eigenvalue weighted by atomic mass is 10.1. The number of hydrogen-bond donors (Lipinski definition) is 1. The van der Waals surface area contributed by atoms with Crippen molar-refractivity contribution in [2.24, 2.45) is 9.98 Å². The largest absolute Gasteiger partial charge is 0.456 e. The van der Waals surface area contributed by atoms with Crippen LogP contribution in [0.2, 0.25) is 0 Å². The summed E-state index contributed by atoms with van der Waals surface area (Å²) in [4.78, 5) is 9.48. The molecule has 1 aliphatic rings. The van der Waals surface area contributed by atoms with E-state index in [0.29, 0.717) is 11.1 Å². The van der Waals surface area contributed by atoms with E-state index in [1.165, 1.54) is 5.39 Å². The van der Waals surface area contributed by atoms with Gasteiger partial charge in [-0.2, -0.15) is 0 Å². The van der Waals surface area contributed by atoms with Crippen LogP contribution in [-0.2, 0) is 0 Å². The van der Waals surface area contributed by atoms with Gasteiger partial charge < -0.3 is 14.3 Å². The van der Waals surface area contributed by atoms with Crippen molar-refractivity contribution in [3.8, 4) is 5.69 Å². The third-order valence-corrected chi connectivity index (χ3v) is 7.31. The molecule has 0 amide bonds. The van der Waals surface area contributed by atoms with Crippen molar-refractivity contribution in [1.82, 2.24) is 9.88 Å². The molecule has 0 saturated heterocycles. The highest BCUT2D eigenvalue weighted by Crippen LogP contribution is 2.37. The van der Waals surface area contributed by atoms with Gasteiger partial charge in [0.25, 0.3) is 0 Å². The molecule has 0 radical (unpaired) electrons. The van der Waals surface area contributed by atoms with E-state index in [-0.39, 0.29) is 0 Å². The molecular formula is C34H25ClN4O. The van der Waals surface area contributed by atoms with Crippen LogP contribution in [-0.4, -0.2) is 15.7 Å². The number of nitrogens with zero attached hydrogens (tertiary/aromatic N) is 3. The Balaban J connectivity index is 1.37. The molecule has 6 aromatic rings. The Morgan fingerprint density at radius 3 is 2.58 bits per heavy atom. The average molecular weight is 541 g/mol. The molecule has 0 spiro atoms. The van der Waals surface area contributed by atoms with Gasteiger partial charge in [0.1, 0.15) is 17.0 Å². The van der Waals surface area contributed by atoms with Crippen LogP contribution in [0.25, 0.3) is 44.6 Å². The minimum atomic E-state index is -0.524. The molecule has 194 valence electrons. The Hall–Kier alpha value is -4.87. The first-order valence-corrected chi connectivity index (χ1v) is 13.6. The molecule has 4 aromatic carbocycles. The molecular weight excluding hydrogens is 516 g/mol. The van der Waals surface area contributed by atoms with E-state index >= 15 is 0 Å². The van der Waals surface area contributed by atoms with Crippen LogP contribution in [0.4, 0.5) is 0 Å². The predicted octanol–water partition coefficient (Wildman–Crippen LogP) is 8.76. The van der Waals surface area contributed by atoms with Crippen molar-refractivity contribution < 1.29 is 4.42 Å². The van der Waals surface area contributed by atoms with Crippen LogP contribution in [0, 0.1) is 0 Å². The van der Waals surface area contributed by atoms with Gasteiger partial charge in [-0.1, -0.05) is 85.0 Å². The second-order valence-electron chi connectivity index (χ2n) is 9.62. The smallest absolute Gasteiger partial charge is 0.199 e. The molecule has 6 heteroatoms. The lowest BCUT2D eigenvalue weighted by molar-refractivity contribution is 0.649. The van der Waals surface area contributed by atoms with Crippen LogP contribution in [0.5, 0.6) is 0 Å². The van der Waals surface area contributed by atoms with Crippen molar-refractivity contribution in [3.63, 3.8) is 0 Å². The minimum Gasteiger partial charge on any atom is -0.456 e. The van der Waals surface area contributed by atoms with Gasteiger partial charge >= 0.3 is 0 Å². The summed E-state index contributed by atoms with van der Waals surface area (Å²) in [5, 5.41) is 6.63. The van der Waals surface area contributed by atoms with Gasteiger partial charge in [0.2, 0.25) is 0 Å². The number of aliphatic imine (C=N–C) groups is 2. The first-order chi connectivity index (χ1) is 19.7. The van der Waals surface area contributed by atoms with Crippen LogP contribution in [0.15, 0.2) is 130 Å². The summed E-state index contributed by atoms with van der Waals surface area (Å²) in [6, 6.07) is 33.0. The van der Waals surface area contributed by atoms with E-state index in [0.717, 1.165) is 50.0 Å². The number of nitrogens with one attached hydrogen (secondary N) is 1. The van der Waals surface area contributed by atoms with Gasteiger partial charge in [0, 0.05) is 44.7 Å². The van der Waals surface area contributed by atoms with E-state index in [4.69, 9.17) is 21.0 Å². The first kappa shape index (κ1) is 24.2. The van der Waals surface area contributed by atoms with E-state index in [9.17, 15) is 0 Å². The molecule has 40 heavy (non-hydrogen) atoms. The Morgan fingerprint density at radius 1 is 0.850 bits per heavy atom. The normalized spacial score (nSPS) is 15.8. The molecule has 5 nitrogen and oxygen atoms in total. The van der Waals surface area contributed by atoms with Crippen LogP contribution in [0.1, 0.15) is 29.9 Å². The Morgan fingerprint density at radius 2 is 1.70 bits per heavy atom. The number of allylic oxidation sites excluding steroid dienone is 3.